The number of carbonyl (C=O) groups is 3. The normalized spacial score (nSPS) is 48.9. The zero-order valence-electron chi connectivity index (χ0n) is 22.6. The average Bonchev–Trinajstić information content (AvgIpc) is 3.47. The lowest BCUT2D eigenvalue weighted by Crippen LogP contribution is -2.63. The Balaban J connectivity index is 1.22. The van der Waals surface area contributed by atoms with Gasteiger partial charge in [0.1, 0.15) is 24.4 Å². The molecule has 1 spiro atoms. The Morgan fingerprint density at radius 2 is 1.97 bits per heavy atom. The number of esters is 2. The number of hydrogen-bond donors (Lipinski definition) is 1. The van der Waals surface area contributed by atoms with Gasteiger partial charge in [0, 0.05) is 13.3 Å². The number of allylic oxidation sites excluding steroid dienone is 1. The van der Waals surface area contributed by atoms with Crippen molar-refractivity contribution in [3.63, 3.8) is 0 Å². The van der Waals surface area contributed by atoms with Crippen LogP contribution in [0.4, 0.5) is 0 Å². The molecule has 0 amide bonds. The minimum atomic E-state index is -0.733. The van der Waals surface area contributed by atoms with Crippen molar-refractivity contribution in [3.05, 3.63) is 23.3 Å². The molecular weight excluding hydrogens is 472 g/mol. The third-order valence-electron chi connectivity index (χ3n) is 11.9. The number of rotatable bonds is 4. The second kappa shape index (κ2) is 8.25. The van der Waals surface area contributed by atoms with Gasteiger partial charge in [-0.15, -0.1) is 0 Å². The summed E-state index contributed by atoms with van der Waals surface area (Å²) in [5, 5.41) is 10.9. The van der Waals surface area contributed by atoms with E-state index in [-0.39, 0.29) is 47.8 Å². The van der Waals surface area contributed by atoms with Crippen LogP contribution in [0.5, 0.6) is 0 Å². The van der Waals surface area contributed by atoms with Gasteiger partial charge in [0.15, 0.2) is 5.78 Å². The summed E-state index contributed by atoms with van der Waals surface area (Å²) in [5.74, 6) is 1.07. The van der Waals surface area contributed by atoms with Gasteiger partial charge in [-0.3, -0.25) is 9.59 Å². The van der Waals surface area contributed by atoms with Crippen molar-refractivity contribution >= 4 is 17.7 Å². The fourth-order valence-electron chi connectivity index (χ4n) is 9.85. The Morgan fingerprint density at radius 3 is 2.68 bits per heavy atom. The quantitative estimate of drug-likeness (QED) is 0.450. The third kappa shape index (κ3) is 3.28. The van der Waals surface area contributed by atoms with Crippen molar-refractivity contribution < 1.29 is 33.7 Å². The zero-order chi connectivity index (χ0) is 26.5. The molecule has 0 aromatic rings. The van der Waals surface area contributed by atoms with E-state index in [0.29, 0.717) is 29.7 Å². The minimum absolute atomic E-state index is 0.0283. The number of ketones is 1. The maximum absolute atomic E-state index is 13.3. The molecule has 2 heterocycles. The van der Waals surface area contributed by atoms with E-state index in [0.717, 1.165) is 37.7 Å². The van der Waals surface area contributed by atoms with Crippen molar-refractivity contribution in [2.45, 2.75) is 97.1 Å². The van der Waals surface area contributed by atoms with Crippen LogP contribution in [-0.4, -0.2) is 53.3 Å². The molecule has 7 nitrogen and oxygen atoms in total. The van der Waals surface area contributed by atoms with Crippen molar-refractivity contribution in [2.75, 3.05) is 6.61 Å². The molecule has 37 heavy (non-hydrogen) atoms. The molecule has 11 atom stereocenters. The molecule has 2 aliphatic heterocycles. The van der Waals surface area contributed by atoms with Gasteiger partial charge >= 0.3 is 11.9 Å². The van der Waals surface area contributed by atoms with Gasteiger partial charge < -0.3 is 19.3 Å². The van der Waals surface area contributed by atoms with Gasteiger partial charge in [-0.25, -0.2) is 4.79 Å². The van der Waals surface area contributed by atoms with E-state index >= 15 is 0 Å². The topological polar surface area (TPSA) is 102 Å². The fraction of sp³-hybridized carbons (Fsp3) is 0.767. The number of hydrogen-bond acceptors (Lipinski definition) is 7. The third-order valence-corrected chi connectivity index (χ3v) is 11.9. The van der Waals surface area contributed by atoms with Crippen molar-refractivity contribution in [1.82, 2.24) is 0 Å². The van der Waals surface area contributed by atoms with E-state index in [1.807, 2.05) is 6.92 Å². The molecule has 202 valence electrons. The van der Waals surface area contributed by atoms with Gasteiger partial charge in [0.2, 0.25) is 0 Å². The molecule has 1 N–H and O–H groups in total. The SMILES string of the molecule is CC(=O)OCC1=C(C)CC([C@@H](C)C2CCC3C4C[C@H]5O[C@]56[C@H](O)C=CC(=O)[C@]6(C)C4CC[C@@]32C)OC1=O. The van der Waals surface area contributed by atoms with Gasteiger partial charge in [-0.05, 0) is 93.1 Å². The van der Waals surface area contributed by atoms with Gasteiger partial charge in [-0.1, -0.05) is 19.4 Å². The molecular formula is C30H40O7. The largest absolute Gasteiger partial charge is 0.461 e. The highest BCUT2D eigenvalue weighted by molar-refractivity contribution is 5.98. The molecule has 0 aromatic heterocycles. The van der Waals surface area contributed by atoms with Crippen molar-refractivity contribution in [2.24, 2.45) is 40.4 Å². The molecule has 0 radical (unpaired) electrons. The Morgan fingerprint density at radius 1 is 1.22 bits per heavy atom. The van der Waals surface area contributed by atoms with Crippen LogP contribution in [0.25, 0.3) is 0 Å². The number of carbonyl (C=O) groups excluding carboxylic acids is 3. The summed E-state index contributed by atoms with van der Waals surface area (Å²) < 4.78 is 17.3. The monoisotopic (exact) mass is 512 g/mol. The molecule has 5 unspecified atom stereocenters. The van der Waals surface area contributed by atoms with Gasteiger partial charge in [0.05, 0.1) is 17.1 Å². The van der Waals surface area contributed by atoms with Crippen LogP contribution >= 0.6 is 0 Å². The predicted molar refractivity (Wildman–Crippen MR) is 134 cm³/mol. The highest BCUT2D eigenvalue weighted by Gasteiger charge is 2.80. The summed E-state index contributed by atoms with van der Waals surface area (Å²) >= 11 is 0. The van der Waals surface area contributed by atoms with Crippen LogP contribution in [0.1, 0.15) is 73.1 Å². The lowest BCUT2D eigenvalue weighted by molar-refractivity contribution is -0.156. The van der Waals surface area contributed by atoms with Gasteiger partial charge in [-0.2, -0.15) is 0 Å². The molecule has 1 saturated heterocycles. The van der Waals surface area contributed by atoms with Crippen LogP contribution in [0.3, 0.4) is 0 Å². The van der Waals surface area contributed by atoms with E-state index in [1.165, 1.54) is 6.92 Å². The number of aliphatic hydroxyl groups is 1. The van der Waals surface area contributed by atoms with E-state index in [4.69, 9.17) is 14.2 Å². The maximum atomic E-state index is 13.3. The van der Waals surface area contributed by atoms with E-state index in [9.17, 15) is 19.5 Å². The Kier molecular flexibility index (Phi) is 5.64. The molecule has 0 aromatic carbocycles. The lowest BCUT2D eigenvalue weighted by Gasteiger charge is -2.58. The maximum Gasteiger partial charge on any atom is 0.337 e. The van der Waals surface area contributed by atoms with E-state index < -0.39 is 23.1 Å². The number of epoxide rings is 1. The first-order valence-electron chi connectivity index (χ1n) is 14.1. The lowest BCUT2D eigenvalue weighted by atomic mass is 9.44. The second-order valence-electron chi connectivity index (χ2n) is 13.2. The summed E-state index contributed by atoms with van der Waals surface area (Å²) in [4.78, 5) is 37.4. The average molecular weight is 513 g/mol. The van der Waals surface area contributed by atoms with E-state index in [1.54, 1.807) is 12.2 Å². The number of fused-ring (bicyclic) bond motifs is 4. The van der Waals surface area contributed by atoms with Gasteiger partial charge in [0.25, 0.3) is 0 Å². The Hall–Kier alpha value is -1.99. The number of aliphatic hydroxyl groups excluding tert-OH is 1. The van der Waals surface area contributed by atoms with Crippen LogP contribution in [-0.2, 0) is 28.6 Å². The van der Waals surface area contributed by atoms with Crippen molar-refractivity contribution in [3.8, 4) is 0 Å². The van der Waals surface area contributed by atoms with Crippen LogP contribution in [0.2, 0.25) is 0 Å². The molecule has 6 aliphatic rings. The first kappa shape index (κ1) is 25.3. The highest BCUT2D eigenvalue weighted by atomic mass is 16.6. The smallest absolute Gasteiger partial charge is 0.337 e. The summed E-state index contributed by atoms with van der Waals surface area (Å²) in [7, 11) is 0. The number of ether oxygens (including phenoxy) is 3. The molecule has 3 saturated carbocycles. The molecule has 7 heteroatoms. The molecule has 0 bridgehead atoms. The molecule has 6 rings (SSSR count). The summed E-state index contributed by atoms with van der Waals surface area (Å²) in [5.41, 5.74) is 0.121. The van der Waals surface area contributed by atoms with Crippen LogP contribution < -0.4 is 0 Å². The number of cyclic esters (lactones) is 1. The fourth-order valence-corrected chi connectivity index (χ4v) is 9.85. The first-order chi connectivity index (χ1) is 17.4. The summed E-state index contributed by atoms with van der Waals surface area (Å²) in [6.07, 6.45) is 8.05. The minimum Gasteiger partial charge on any atom is -0.461 e. The van der Waals surface area contributed by atoms with Crippen LogP contribution in [0.15, 0.2) is 23.3 Å². The standard InChI is InChI=1S/C30H40O7/c1-15-12-23(36-27(34)19(15)14-35-17(3)31)16(2)20-6-7-21-18-13-26-30(37-26)25(33)9-8-24(32)29(30,5)22(18)10-11-28(20,21)4/h8-9,16,18,20-23,25-26,33H,6-7,10-14H2,1-5H3/t16-,18?,20?,21?,22?,23?,25+,26+,28+,29-,30+/m0/s1. The Labute approximate surface area is 219 Å². The molecule has 4 aliphatic carbocycles. The highest BCUT2D eigenvalue weighted by Crippen LogP contribution is 2.73. The second-order valence-corrected chi connectivity index (χ2v) is 13.2. The summed E-state index contributed by atoms with van der Waals surface area (Å²) in [6.45, 7) is 9.97. The summed E-state index contributed by atoms with van der Waals surface area (Å²) in [6, 6.07) is 0. The van der Waals surface area contributed by atoms with Crippen LogP contribution in [0, 0.1) is 40.4 Å². The zero-order valence-corrected chi connectivity index (χ0v) is 22.6. The predicted octanol–water partition coefficient (Wildman–Crippen LogP) is 3.92. The molecule has 4 fully saturated rings. The van der Waals surface area contributed by atoms with Crippen molar-refractivity contribution in [1.29, 1.82) is 0 Å². The first-order valence-corrected chi connectivity index (χ1v) is 14.1. The van der Waals surface area contributed by atoms with E-state index in [2.05, 4.69) is 20.8 Å². The Bertz CT molecular complexity index is 1110.